The summed E-state index contributed by atoms with van der Waals surface area (Å²) >= 11 is 0. The second-order valence-electron chi connectivity index (χ2n) is 4.08. The van der Waals surface area contributed by atoms with Crippen LogP contribution in [0.15, 0.2) is 18.2 Å². The van der Waals surface area contributed by atoms with Gasteiger partial charge in [-0.2, -0.15) is 13.2 Å². The Balaban J connectivity index is 3.11. The Kier molecular flexibility index (Phi) is 4.57. The van der Waals surface area contributed by atoms with Crippen molar-refractivity contribution in [2.45, 2.75) is 19.5 Å². The summed E-state index contributed by atoms with van der Waals surface area (Å²) in [5.74, 6) is 0. The standard InChI is InChI=1S/C11H14F3N3O2/c1-2-3-16(7-11(12,13)14)9-4-8(15)5-10(6-9)17(18)19/h4-6H,2-3,7,15H2,1H3. The van der Waals surface area contributed by atoms with E-state index in [0.29, 0.717) is 6.42 Å². The van der Waals surface area contributed by atoms with Gasteiger partial charge < -0.3 is 10.6 Å². The number of nitro benzene ring substituents is 1. The minimum Gasteiger partial charge on any atom is -0.398 e. The largest absolute Gasteiger partial charge is 0.405 e. The Morgan fingerprint density at radius 1 is 1.37 bits per heavy atom. The first-order valence-corrected chi connectivity index (χ1v) is 5.59. The van der Waals surface area contributed by atoms with Crippen molar-refractivity contribution in [2.24, 2.45) is 0 Å². The van der Waals surface area contributed by atoms with E-state index in [1.165, 1.54) is 6.07 Å². The third-order valence-corrected chi connectivity index (χ3v) is 2.36. The van der Waals surface area contributed by atoms with Crippen molar-refractivity contribution in [3.8, 4) is 0 Å². The molecule has 0 fully saturated rings. The van der Waals surface area contributed by atoms with Gasteiger partial charge in [0.25, 0.3) is 5.69 Å². The van der Waals surface area contributed by atoms with Crippen LogP contribution in [0.1, 0.15) is 13.3 Å². The van der Waals surface area contributed by atoms with E-state index >= 15 is 0 Å². The summed E-state index contributed by atoms with van der Waals surface area (Å²) < 4.78 is 37.4. The highest BCUT2D eigenvalue weighted by Crippen LogP contribution is 2.28. The molecule has 0 saturated carbocycles. The number of hydrogen-bond donors (Lipinski definition) is 1. The average molecular weight is 277 g/mol. The maximum atomic E-state index is 12.5. The van der Waals surface area contributed by atoms with E-state index in [1.807, 2.05) is 0 Å². The topological polar surface area (TPSA) is 72.4 Å². The normalized spacial score (nSPS) is 11.4. The minimum atomic E-state index is -4.38. The maximum Gasteiger partial charge on any atom is 0.405 e. The molecule has 5 nitrogen and oxygen atoms in total. The van der Waals surface area contributed by atoms with Gasteiger partial charge in [-0.1, -0.05) is 6.92 Å². The second kappa shape index (κ2) is 5.77. The summed E-state index contributed by atoms with van der Waals surface area (Å²) in [7, 11) is 0. The SMILES string of the molecule is CCCN(CC(F)(F)F)c1cc(N)cc([N+](=O)[O-])c1. The molecule has 2 N–H and O–H groups in total. The summed E-state index contributed by atoms with van der Waals surface area (Å²) in [5, 5.41) is 10.7. The number of non-ortho nitro benzene ring substituents is 1. The van der Waals surface area contributed by atoms with E-state index in [0.717, 1.165) is 17.0 Å². The fraction of sp³-hybridized carbons (Fsp3) is 0.455. The van der Waals surface area contributed by atoms with Crippen molar-refractivity contribution in [3.05, 3.63) is 28.3 Å². The van der Waals surface area contributed by atoms with Gasteiger partial charge in [-0.05, 0) is 12.5 Å². The van der Waals surface area contributed by atoms with E-state index in [1.54, 1.807) is 6.92 Å². The molecule has 8 heteroatoms. The second-order valence-corrected chi connectivity index (χ2v) is 4.08. The van der Waals surface area contributed by atoms with Gasteiger partial charge in [-0.3, -0.25) is 10.1 Å². The van der Waals surface area contributed by atoms with Gasteiger partial charge in [0.15, 0.2) is 0 Å². The molecule has 1 aromatic rings. The molecule has 0 saturated heterocycles. The first kappa shape index (κ1) is 15.1. The zero-order valence-corrected chi connectivity index (χ0v) is 10.3. The number of hydrogen-bond acceptors (Lipinski definition) is 4. The number of halogens is 3. The maximum absolute atomic E-state index is 12.5. The van der Waals surface area contributed by atoms with Gasteiger partial charge >= 0.3 is 6.18 Å². The fourth-order valence-corrected chi connectivity index (χ4v) is 1.69. The van der Waals surface area contributed by atoms with Gasteiger partial charge in [0, 0.05) is 30.1 Å². The Morgan fingerprint density at radius 2 is 2.00 bits per heavy atom. The molecule has 1 aromatic carbocycles. The Hall–Kier alpha value is -1.99. The van der Waals surface area contributed by atoms with Crippen LogP contribution in [0.2, 0.25) is 0 Å². The van der Waals surface area contributed by atoms with Crippen molar-refractivity contribution < 1.29 is 18.1 Å². The minimum absolute atomic E-state index is 0.0625. The van der Waals surface area contributed by atoms with Crippen molar-refractivity contribution in [3.63, 3.8) is 0 Å². The lowest BCUT2D eigenvalue weighted by molar-refractivity contribution is -0.384. The van der Waals surface area contributed by atoms with Crippen molar-refractivity contribution in [1.82, 2.24) is 0 Å². The van der Waals surface area contributed by atoms with Crippen LogP contribution in [0.3, 0.4) is 0 Å². The summed E-state index contributed by atoms with van der Waals surface area (Å²) in [6.45, 7) is 0.700. The smallest absolute Gasteiger partial charge is 0.398 e. The van der Waals surface area contributed by atoms with E-state index in [-0.39, 0.29) is 23.6 Å². The molecule has 0 heterocycles. The predicted molar refractivity (Wildman–Crippen MR) is 66.1 cm³/mol. The summed E-state index contributed by atoms with van der Waals surface area (Å²) in [4.78, 5) is 11.0. The number of nitrogens with zero attached hydrogens (tertiary/aromatic N) is 2. The molecule has 0 aromatic heterocycles. The molecular weight excluding hydrogens is 263 g/mol. The van der Waals surface area contributed by atoms with Crippen LogP contribution in [0, 0.1) is 10.1 Å². The van der Waals surface area contributed by atoms with E-state index in [4.69, 9.17) is 5.73 Å². The molecular formula is C11H14F3N3O2. The van der Waals surface area contributed by atoms with Gasteiger partial charge in [-0.15, -0.1) is 0 Å². The molecule has 0 spiro atoms. The van der Waals surface area contributed by atoms with E-state index in [2.05, 4.69) is 0 Å². The van der Waals surface area contributed by atoms with Crippen LogP contribution in [0.5, 0.6) is 0 Å². The Bertz CT molecular complexity index is 463. The lowest BCUT2D eigenvalue weighted by Crippen LogP contribution is -2.34. The van der Waals surface area contributed by atoms with Crippen LogP contribution >= 0.6 is 0 Å². The molecule has 0 amide bonds. The number of nitrogens with two attached hydrogens (primary N) is 1. The Labute approximate surface area is 108 Å². The van der Waals surface area contributed by atoms with Gasteiger partial charge in [0.1, 0.15) is 6.54 Å². The van der Waals surface area contributed by atoms with Crippen LogP contribution in [0.4, 0.5) is 30.2 Å². The quantitative estimate of drug-likeness (QED) is 0.510. The lowest BCUT2D eigenvalue weighted by atomic mass is 10.2. The van der Waals surface area contributed by atoms with Crippen molar-refractivity contribution in [2.75, 3.05) is 23.7 Å². The van der Waals surface area contributed by atoms with Crippen molar-refractivity contribution >= 4 is 17.1 Å². The van der Waals surface area contributed by atoms with Crippen LogP contribution in [-0.4, -0.2) is 24.2 Å². The fourth-order valence-electron chi connectivity index (χ4n) is 1.69. The summed E-state index contributed by atoms with van der Waals surface area (Å²) in [5.41, 5.74) is 5.33. The number of nitrogen functional groups attached to an aromatic ring is 1. The lowest BCUT2D eigenvalue weighted by Gasteiger charge is -2.25. The van der Waals surface area contributed by atoms with Gasteiger partial charge in [0.2, 0.25) is 0 Å². The number of alkyl halides is 3. The Morgan fingerprint density at radius 3 is 2.47 bits per heavy atom. The zero-order chi connectivity index (χ0) is 14.6. The molecule has 0 radical (unpaired) electrons. The van der Waals surface area contributed by atoms with Gasteiger partial charge in [-0.25, -0.2) is 0 Å². The third-order valence-electron chi connectivity index (χ3n) is 2.36. The molecule has 1 rings (SSSR count). The molecule has 0 bridgehead atoms. The highest BCUT2D eigenvalue weighted by atomic mass is 19.4. The predicted octanol–water partition coefficient (Wildman–Crippen LogP) is 2.96. The van der Waals surface area contributed by atoms with Crippen LogP contribution in [0.25, 0.3) is 0 Å². The summed E-state index contributed by atoms with van der Waals surface area (Å²) in [6, 6.07) is 3.51. The zero-order valence-electron chi connectivity index (χ0n) is 10.3. The summed E-state index contributed by atoms with van der Waals surface area (Å²) in [6.07, 6.45) is -3.90. The van der Waals surface area contributed by atoms with E-state index < -0.39 is 17.6 Å². The first-order chi connectivity index (χ1) is 8.73. The highest BCUT2D eigenvalue weighted by Gasteiger charge is 2.31. The average Bonchev–Trinajstić information content (AvgIpc) is 2.25. The molecule has 19 heavy (non-hydrogen) atoms. The van der Waals surface area contributed by atoms with Crippen LogP contribution in [-0.2, 0) is 0 Å². The first-order valence-electron chi connectivity index (χ1n) is 5.59. The molecule has 106 valence electrons. The molecule has 0 aliphatic carbocycles. The van der Waals surface area contributed by atoms with Crippen molar-refractivity contribution in [1.29, 1.82) is 0 Å². The monoisotopic (exact) mass is 277 g/mol. The number of rotatable bonds is 5. The molecule has 0 atom stereocenters. The van der Waals surface area contributed by atoms with E-state index in [9.17, 15) is 23.3 Å². The molecule has 0 aliphatic heterocycles. The molecule has 0 aliphatic rings. The highest BCUT2D eigenvalue weighted by molar-refractivity contribution is 5.62. The number of benzene rings is 1. The molecule has 0 unspecified atom stereocenters. The number of nitro groups is 1. The number of anilines is 2. The van der Waals surface area contributed by atoms with Gasteiger partial charge in [0.05, 0.1) is 4.92 Å². The third kappa shape index (κ3) is 4.65. The van der Waals surface area contributed by atoms with Crippen LogP contribution < -0.4 is 10.6 Å².